The normalized spacial score (nSPS) is 10.3. The summed E-state index contributed by atoms with van der Waals surface area (Å²) in [6.45, 7) is 4.33. The molecule has 140 valence electrons. The van der Waals surface area contributed by atoms with Crippen molar-refractivity contribution in [2.75, 3.05) is 25.1 Å². The lowest BCUT2D eigenvalue weighted by Crippen LogP contribution is -2.09. The van der Waals surface area contributed by atoms with E-state index in [1.54, 1.807) is 0 Å². The van der Waals surface area contributed by atoms with Crippen molar-refractivity contribution in [3.05, 3.63) is 84.4 Å². The average Bonchev–Trinajstić information content (AvgIpc) is 2.72. The first kappa shape index (κ1) is 18.6. The van der Waals surface area contributed by atoms with E-state index < -0.39 is 0 Å². The van der Waals surface area contributed by atoms with Gasteiger partial charge in [0.15, 0.2) is 0 Å². The van der Waals surface area contributed by atoms with E-state index in [1.807, 2.05) is 79.7 Å². The van der Waals surface area contributed by atoms with Gasteiger partial charge in [-0.3, -0.25) is 0 Å². The van der Waals surface area contributed by atoms with E-state index in [1.165, 1.54) is 0 Å². The van der Waals surface area contributed by atoms with Gasteiger partial charge in [0, 0.05) is 6.54 Å². The summed E-state index contributed by atoms with van der Waals surface area (Å²) in [5.41, 5.74) is 2.13. The summed E-state index contributed by atoms with van der Waals surface area (Å²) in [7, 11) is 0. The molecule has 0 aromatic heterocycles. The van der Waals surface area contributed by atoms with Gasteiger partial charge in [-0.2, -0.15) is 0 Å². The molecule has 0 spiro atoms. The predicted molar refractivity (Wildman–Crippen MR) is 109 cm³/mol. The Labute approximate surface area is 160 Å². The summed E-state index contributed by atoms with van der Waals surface area (Å²) in [4.78, 5) is 0. The number of para-hydroxylation sites is 3. The van der Waals surface area contributed by atoms with Crippen LogP contribution in [0.3, 0.4) is 0 Å². The maximum Gasteiger partial charge on any atom is 0.142 e. The van der Waals surface area contributed by atoms with E-state index in [2.05, 4.69) is 11.4 Å². The second-order valence-corrected chi connectivity index (χ2v) is 5.94. The van der Waals surface area contributed by atoms with Gasteiger partial charge in [0.2, 0.25) is 0 Å². The van der Waals surface area contributed by atoms with Gasteiger partial charge in [-0.15, -0.1) is 0 Å². The smallest absolute Gasteiger partial charge is 0.142 e. The van der Waals surface area contributed by atoms with Crippen LogP contribution in [-0.4, -0.2) is 19.8 Å². The minimum atomic E-state index is 0.499. The highest BCUT2D eigenvalue weighted by atomic mass is 16.5. The van der Waals surface area contributed by atoms with Crippen LogP contribution in [0.2, 0.25) is 0 Å². The summed E-state index contributed by atoms with van der Waals surface area (Å²) in [6, 6.07) is 25.8. The van der Waals surface area contributed by atoms with E-state index in [0.717, 1.165) is 28.5 Å². The van der Waals surface area contributed by atoms with Crippen molar-refractivity contribution in [1.82, 2.24) is 0 Å². The van der Waals surface area contributed by atoms with Gasteiger partial charge in [-0.25, -0.2) is 0 Å². The molecule has 3 aromatic carbocycles. The number of nitrogens with one attached hydrogen (secondary N) is 1. The molecule has 0 unspecified atom stereocenters. The lowest BCUT2D eigenvalue weighted by Gasteiger charge is -2.13. The lowest BCUT2D eigenvalue weighted by molar-refractivity contribution is 0.217. The Morgan fingerprint density at radius 2 is 1.41 bits per heavy atom. The SMILES string of the molecule is CCOc1ccccc1NCc1cccc(OCCOc2ccccc2)c1. The van der Waals surface area contributed by atoms with Crippen LogP contribution < -0.4 is 19.5 Å². The van der Waals surface area contributed by atoms with Crippen molar-refractivity contribution in [2.45, 2.75) is 13.5 Å². The van der Waals surface area contributed by atoms with Crippen molar-refractivity contribution in [2.24, 2.45) is 0 Å². The zero-order valence-electron chi connectivity index (χ0n) is 15.6. The highest BCUT2D eigenvalue weighted by Crippen LogP contribution is 2.24. The fourth-order valence-corrected chi connectivity index (χ4v) is 2.67. The van der Waals surface area contributed by atoms with Gasteiger partial charge in [0.25, 0.3) is 0 Å². The number of benzene rings is 3. The number of ether oxygens (including phenoxy) is 3. The molecular formula is C23H25NO3. The zero-order chi connectivity index (χ0) is 18.7. The Balaban J connectivity index is 1.49. The van der Waals surface area contributed by atoms with Crippen LogP contribution in [0.1, 0.15) is 12.5 Å². The Morgan fingerprint density at radius 1 is 0.704 bits per heavy atom. The van der Waals surface area contributed by atoms with E-state index in [9.17, 15) is 0 Å². The number of rotatable bonds is 10. The first-order valence-electron chi connectivity index (χ1n) is 9.20. The molecule has 0 aliphatic rings. The minimum Gasteiger partial charge on any atom is -0.492 e. The van der Waals surface area contributed by atoms with Crippen molar-refractivity contribution >= 4 is 5.69 Å². The summed E-state index contributed by atoms with van der Waals surface area (Å²) < 4.78 is 17.1. The van der Waals surface area contributed by atoms with Gasteiger partial charge in [-0.1, -0.05) is 42.5 Å². The van der Waals surface area contributed by atoms with Gasteiger partial charge in [-0.05, 0) is 48.9 Å². The molecule has 1 N–H and O–H groups in total. The first-order chi connectivity index (χ1) is 13.3. The van der Waals surface area contributed by atoms with Crippen LogP contribution in [-0.2, 0) is 6.54 Å². The zero-order valence-corrected chi connectivity index (χ0v) is 15.6. The molecule has 0 radical (unpaired) electrons. The van der Waals surface area contributed by atoms with E-state index in [0.29, 0.717) is 26.4 Å². The number of anilines is 1. The molecule has 0 aliphatic heterocycles. The van der Waals surface area contributed by atoms with E-state index >= 15 is 0 Å². The maximum absolute atomic E-state index is 5.81. The Morgan fingerprint density at radius 3 is 2.22 bits per heavy atom. The Hall–Kier alpha value is -3.14. The third-order valence-corrected chi connectivity index (χ3v) is 3.93. The topological polar surface area (TPSA) is 39.7 Å². The lowest BCUT2D eigenvalue weighted by atomic mass is 10.2. The number of hydrogen-bond donors (Lipinski definition) is 1. The second kappa shape index (κ2) is 10.1. The molecule has 0 saturated heterocycles. The molecule has 0 saturated carbocycles. The molecule has 0 fully saturated rings. The molecule has 0 atom stereocenters. The van der Waals surface area contributed by atoms with Crippen molar-refractivity contribution in [3.8, 4) is 17.2 Å². The van der Waals surface area contributed by atoms with Gasteiger partial charge in [0.1, 0.15) is 30.5 Å². The monoisotopic (exact) mass is 363 g/mol. The van der Waals surface area contributed by atoms with Crippen LogP contribution in [0, 0.1) is 0 Å². The summed E-state index contributed by atoms with van der Waals surface area (Å²) in [5, 5.41) is 3.43. The summed E-state index contributed by atoms with van der Waals surface area (Å²) in [5.74, 6) is 2.56. The molecule has 4 heteroatoms. The molecular weight excluding hydrogens is 338 g/mol. The third-order valence-electron chi connectivity index (χ3n) is 3.93. The van der Waals surface area contributed by atoms with E-state index in [-0.39, 0.29) is 0 Å². The third kappa shape index (κ3) is 5.96. The highest BCUT2D eigenvalue weighted by Gasteiger charge is 2.03. The quantitative estimate of drug-likeness (QED) is 0.505. The van der Waals surface area contributed by atoms with Crippen LogP contribution in [0.5, 0.6) is 17.2 Å². The fraction of sp³-hybridized carbons (Fsp3) is 0.217. The molecule has 0 aliphatic carbocycles. The highest BCUT2D eigenvalue weighted by molar-refractivity contribution is 5.56. The van der Waals surface area contributed by atoms with Gasteiger partial charge < -0.3 is 19.5 Å². The second-order valence-electron chi connectivity index (χ2n) is 5.94. The molecule has 3 rings (SSSR count). The van der Waals surface area contributed by atoms with E-state index in [4.69, 9.17) is 14.2 Å². The summed E-state index contributed by atoms with van der Waals surface area (Å²) in [6.07, 6.45) is 0. The first-order valence-corrected chi connectivity index (χ1v) is 9.20. The van der Waals surface area contributed by atoms with Crippen molar-refractivity contribution in [3.63, 3.8) is 0 Å². The predicted octanol–water partition coefficient (Wildman–Crippen LogP) is 5.16. The molecule has 27 heavy (non-hydrogen) atoms. The maximum atomic E-state index is 5.81. The fourth-order valence-electron chi connectivity index (χ4n) is 2.67. The average molecular weight is 363 g/mol. The van der Waals surface area contributed by atoms with Crippen LogP contribution in [0.15, 0.2) is 78.9 Å². The summed E-state index contributed by atoms with van der Waals surface area (Å²) >= 11 is 0. The standard InChI is InChI=1S/C23H25NO3/c1-2-25-23-14-7-6-13-22(23)24-18-19-9-8-12-21(17-19)27-16-15-26-20-10-4-3-5-11-20/h3-14,17,24H,2,15-16,18H2,1H3. The minimum absolute atomic E-state index is 0.499. The van der Waals surface area contributed by atoms with Crippen molar-refractivity contribution in [1.29, 1.82) is 0 Å². The number of hydrogen-bond acceptors (Lipinski definition) is 4. The molecule has 0 heterocycles. The molecule has 0 bridgehead atoms. The van der Waals surface area contributed by atoms with Crippen LogP contribution in [0.4, 0.5) is 5.69 Å². The van der Waals surface area contributed by atoms with Crippen molar-refractivity contribution < 1.29 is 14.2 Å². The molecule has 4 nitrogen and oxygen atoms in total. The Bertz CT molecular complexity index is 821. The van der Waals surface area contributed by atoms with Crippen LogP contribution >= 0.6 is 0 Å². The van der Waals surface area contributed by atoms with Crippen LogP contribution in [0.25, 0.3) is 0 Å². The Kier molecular flexibility index (Phi) is 6.99. The van der Waals surface area contributed by atoms with Gasteiger partial charge >= 0.3 is 0 Å². The molecule has 0 amide bonds. The largest absolute Gasteiger partial charge is 0.492 e. The van der Waals surface area contributed by atoms with Gasteiger partial charge in [0.05, 0.1) is 12.3 Å². The molecule has 3 aromatic rings.